The van der Waals surface area contributed by atoms with E-state index in [0.717, 1.165) is 5.39 Å². The van der Waals surface area contributed by atoms with Crippen LogP contribution < -0.4 is 5.46 Å². The van der Waals surface area contributed by atoms with Crippen molar-refractivity contribution in [3.05, 3.63) is 30.5 Å². The Morgan fingerprint density at radius 2 is 2.08 bits per heavy atom. The fourth-order valence-electron chi connectivity index (χ4n) is 1.18. The van der Waals surface area contributed by atoms with E-state index in [1.54, 1.807) is 24.4 Å². The molecule has 56 valence electrons. The van der Waals surface area contributed by atoms with Gasteiger partial charge in [-0.1, -0.05) is 17.6 Å². The molecule has 2 aromatic rings. The first-order chi connectivity index (χ1) is 5.79. The van der Waals surface area contributed by atoms with E-state index in [1.165, 1.54) is 0 Å². The Hall–Kier alpha value is -1.51. The fraction of sp³-hybridized carbons (Fsp3) is 0. The number of nitrogens with zero attached hydrogens (tertiary/aromatic N) is 1. The van der Waals surface area contributed by atoms with Crippen molar-refractivity contribution in [2.24, 2.45) is 0 Å². The SMILES string of the molecule is [B]c1ccc(O)c2ncccc12. The zero-order valence-corrected chi connectivity index (χ0v) is 6.36. The van der Waals surface area contributed by atoms with Crippen LogP contribution in [-0.2, 0) is 0 Å². The van der Waals surface area contributed by atoms with Crippen molar-refractivity contribution in [2.45, 2.75) is 0 Å². The molecule has 2 radical (unpaired) electrons. The van der Waals surface area contributed by atoms with Gasteiger partial charge in [-0.25, -0.2) is 0 Å². The molecule has 0 aliphatic heterocycles. The van der Waals surface area contributed by atoms with Crippen molar-refractivity contribution >= 4 is 24.2 Å². The second-order valence-corrected chi connectivity index (χ2v) is 2.57. The fourth-order valence-corrected chi connectivity index (χ4v) is 1.18. The number of hydrogen-bond donors (Lipinski definition) is 1. The molecule has 0 saturated heterocycles. The number of rotatable bonds is 0. The summed E-state index contributed by atoms with van der Waals surface area (Å²) in [5.74, 6) is 0.166. The molecule has 3 heteroatoms. The Balaban J connectivity index is 2.95. The van der Waals surface area contributed by atoms with E-state index in [4.69, 9.17) is 7.85 Å². The van der Waals surface area contributed by atoms with Crippen LogP contribution in [0.1, 0.15) is 0 Å². The van der Waals surface area contributed by atoms with Gasteiger partial charge in [0.25, 0.3) is 0 Å². The molecule has 1 aromatic carbocycles. The number of aromatic hydroxyl groups is 1. The number of hydrogen-bond acceptors (Lipinski definition) is 2. The van der Waals surface area contributed by atoms with Crippen LogP contribution in [0.15, 0.2) is 30.5 Å². The van der Waals surface area contributed by atoms with E-state index in [1.807, 2.05) is 6.07 Å². The summed E-state index contributed by atoms with van der Waals surface area (Å²) in [6.45, 7) is 0. The predicted molar refractivity (Wildman–Crippen MR) is 48.8 cm³/mol. The molecule has 1 heterocycles. The molecule has 0 fully saturated rings. The molecule has 0 unspecified atom stereocenters. The van der Waals surface area contributed by atoms with Crippen LogP contribution in [0.3, 0.4) is 0 Å². The van der Waals surface area contributed by atoms with Gasteiger partial charge in [0.2, 0.25) is 0 Å². The third-order valence-electron chi connectivity index (χ3n) is 1.78. The second-order valence-electron chi connectivity index (χ2n) is 2.57. The summed E-state index contributed by atoms with van der Waals surface area (Å²) in [6.07, 6.45) is 1.63. The summed E-state index contributed by atoms with van der Waals surface area (Å²) in [6, 6.07) is 6.83. The highest BCUT2D eigenvalue weighted by Crippen LogP contribution is 2.18. The molecule has 0 aliphatic rings. The van der Waals surface area contributed by atoms with E-state index < -0.39 is 0 Å². The Labute approximate surface area is 71.3 Å². The summed E-state index contributed by atoms with van der Waals surface area (Å²) in [5.41, 5.74) is 1.19. The van der Waals surface area contributed by atoms with Crippen LogP contribution >= 0.6 is 0 Å². The third kappa shape index (κ3) is 0.943. The second kappa shape index (κ2) is 2.52. The highest BCUT2D eigenvalue weighted by atomic mass is 16.3. The minimum atomic E-state index is 0.166. The Bertz CT molecular complexity index is 387. The van der Waals surface area contributed by atoms with Gasteiger partial charge in [0, 0.05) is 6.20 Å². The van der Waals surface area contributed by atoms with E-state index >= 15 is 0 Å². The molecule has 2 rings (SSSR count). The lowest BCUT2D eigenvalue weighted by molar-refractivity contribution is 0.480. The summed E-state index contributed by atoms with van der Waals surface area (Å²) in [7, 11) is 5.67. The average molecular weight is 155 g/mol. The van der Waals surface area contributed by atoms with Crippen molar-refractivity contribution in [3.8, 4) is 5.75 Å². The Morgan fingerprint density at radius 1 is 1.25 bits per heavy atom. The highest BCUT2D eigenvalue weighted by Gasteiger charge is 2.00. The highest BCUT2D eigenvalue weighted by molar-refractivity contribution is 6.38. The molecule has 12 heavy (non-hydrogen) atoms. The first-order valence-electron chi connectivity index (χ1n) is 3.61. The molecule has 0 spiro atoms. The van der Waals surface area contributed by atoms with Gasteiger partial charge >= 0.3 is 0 Å². The molecule has 1 aromatic heterocycles. The minimum absolute atomic E-state index is 0.166. The molecule has 0 aliphatic carbocycles. The van der Waals surface area contributed by atoms with Gasteiger partial charge < -0.3 is 5.11 Å². The lowest BCUT2D eigenvalue weighted by Crippen LogP contribution is -2.03. The lowest BCUT2D eigenvalue weighted by atomic mass is 9.91. The number of benzene rings is 1. The van der Waals surface area contributed by atoms with Gasteiger partial charge in [-0.15, -0.1) is 0 Å². The van der Waals surface area contributed by atoms with Crippen LogP contribution in [0.5, 0.6) is 5.75 Å². The standard InChI is InChI=1S/C9H6BNO/c10-7-3-4-8(12)9-6(7)2-1-5-11-9/h1-5,12H. The molecule has 2 nitrogen and oxygen atoms in total. The normalized spacial score (nSPS) is 10.3. The number of pyridine rings is 1. The van der Waals surface area contributed by atoms with E-state index in [2.05, 4.69) is 4.98 Å². The van der Waals surface area contributed by atoms with Crippen LogP contribution in [-0.4, -0.2) is 17.9 Å². The van der Waals surface area contributed by atoms with Crippen molar-refractivity contribution < 1.29 is 5.11 Å². The van der Waals surface area contributed by atoms with Gasteiger partial charge in [-0.3, -0.25) is 4.98 Å². The Morgan fingerprint density at radius 3 is 2.83 bits per heavy atom. The van der Waals surface area contributed by atoms with E-state index in [0.29, 0.717) is 11.0 Å². The summed E-state index contributed by atoms with van der Waals surface area (Å²) in [4.78, 5) is 4.01. The average Bonchev–Trinajstić information content (AvgIpc) is 2.12. The first-order valence-corrected chi connectivity index (χ1v) is 3.61. The first kappa shape index (κ1) is 7.16. The van der Waals surface area contributed by atoms with Crippen molar-refractivity contribution in [2.75, 3.05) is 0 Å². The molecule has 0 atom stereocenters. The molecule has 0 bridgehead atoms. The minimum Gasteiger partial charge on any atom is -0.506 e. The topological polar surface area (TPSA) is 33.1 Å². The number of aromatic nitrogens is 1. The summed E-state index contributed by atoms with van der Waals surface area (Å²) >= 11 is 0. The van der Waals surface area contributed by atoms with Gasteiger partial charge in [0.15, 0.2) is 0 Å². The molecule has 0 amide bonds. The van der Waals surface area contributed by atoms with Gasteiger partial charge in [0.05, 0.1) is 0 Å². The molecule has 1 N–H and O–H groups in total. The molecule has 0 saturated carbocycles. The number of fused-ring (bicyclic) bond motifs is 1. The van der Waals surface area contributed by atoms with E-state index in [-0.39, 0.29) is 5.75 Å². The lowest BCUT2D eigenvalue weighted by Gasteiger charge is -2.01. The quantitative estimate of drug-likeness (QED) is 0.569. The van der Waals surface area contributed by atoms with Crippen molar-refractivity contribution in [3.63, 3.8) is 0 Å². The zero-order valence-electron chi connectivity index (χ0n) is 6.36. The maximum atomic E-state index is 9.38. The van der Waals surface area contributed by atoms with Gasteiger partial charge in [0.1, 0.15) is 19.1 Å². The van der Waals surface area contributed by atoms with E-state index in [9.17, 15) is 5.11 Å². The van der Waals surface area contributed by atoms with Crippen LogP contribution in [0, 0.1) is 0 Å². The number of phenolic OH excluding ortho intramolecular Hbond substituents is 1. The largest absolute Gasteiger partial charge is 0.506 e. The predicted octanol–water partition coefficient (Wildman–Crippen LogP) is 0.734. The monoisotopic (exact) mass is 155 g/mol. The maximum Gasteiger partial charge on any atom is 0.141 e. The molecular weight excluding hydrogens is 149 g/mol. The van der Waals surface area contributed by atoms with Crippen LogP contribution in [0.2, 0.25) is 0 Å². The Kier molecular flexibility index (Phi) is 1.50. The molecular formula is C9H6BNO. The zero-order chi connectivity index (χ0) is 8.55. The van der Waals surface area contributed by atoms with Gasteiger partial charge in [-0.05, 0) is 17.5 Å². The van der Waals surface area contributed by atoms with Crippen molar-refractivity contribution in [1.29, 1.82) is 0 Å². The van der Waals surface area contributed by atoms with Crippen molar-refractivity contribution in [1.82, 2.24) is 4.98 Å². The van der Waals surface area contributed by atoms with Crippen LogP contribution in [0.25, 0.3) is 10.9 Å². The number of phenols is 1. The third-order valence-corrected chi connectivity index (χ3v) is 1.78. The van der Waals surface area contributed by atoms with Crippen LogP contribution in [0.4, 0.5) is 0 Å². The van der Waals surface area contributed by atoms with Gasteiger partial charge in [-0.2, -0.15) is 0 Å². The maximum absolute atomic E-state index is 9.38. The summed E-state index contributed by atoms with van der Waals surface area (Å²) in [5, 5.41) is 10.2. The summed E-state index contributed by atoms with van der Waals surface area (Å²) < 4.78 is 0. The smallest absolute Gasteiger partial charge is 0.141 e.